The summed E-state index contributed by atoms with van der Waals surface area (Å²) >= 11 is 0. The van der Waals surface area contributed by atoms with Crippen molar-refractivity contribution in [3.63, 3.8) is 0 Å². The molecule has 0 saturated carbocycles. The molecule has 1 atom stereocenters. The van der Waals surface area contributed by atoms with E-state index in [1.807, 2.05) is 24.4 Å². The molecule has 0 spiro atoms. The van der Waals surface area contributed by atoms with Crippen molar-refractivity contribution in [2.45, 2.75) is 18.8 Å². The summed E-state index contributed by atoms with van der Waals surface area (Å²) in [5.41, 5.74) is 3.32. The Balaban J connectivity index is 1.38. The van der Waals surface area contributed by atoms with Crippen molar-refractivity contribution >= 4 is 28.4 Å². The Kier molecular flexibility index (Phi) is 4.37. The van der Waals surface area contributed by atoms with Gasteiger partial charge in [0.05, 0.1) is 5.39 Å². The van der Waals surface area contributed by atoms with Gasteiger partial charge in [-0.3, -0.25) is 0 Å². The fourth-order valence-corrected chi connectivity index (χ4v) is 4.01. The Hall–Kier alpha value is -3.41. The number of aromatic nitrogens is 4. The quantitative estimate of drug-likeness (QED) is 0.554. The van der Waals surface area contributed by atoms with Crippen molar-refractivity contribution < 1.29 is 0 Å². The molecule has 4 aromatic rings. The van der Waals surface area contributed by atoms with E-state index in [0.717, 1.165) is 47.9 Å². The second-order valence-corrected chi connectivity index (χ2v) is 7.19. The molecule has 28 heavy (non-hydrogen) atoms. The minimum atomic E-state index is 0.475. The van der Waals surface area contributed by atoms with Crippen LogP contribution < -0.4 is 10.2 Å². The number of anilines is 3. The number of hydrogen-bond donors (Lipinski definition) is 2. The standard InChI is InChI=1S/C22H22N6/c1-2-10-23-20(8-1)27-18-7-3-5-16(13-18)17-6-4-12-28(14-17)22-19-9-11-24-21(19)25-15-26-22/h1-3,5,7-11,13,15,17H,4,6,12,14H2,(H,23,27)(H,24,25,26). The Morgan fingerprint density at radius 3 is 2.96 bits per heavy atom. The summed E-state index contributed by atoms with van der Waals surface area (Å²) in [4.78, 5) is 18.8. The maximum atomic E-state index is 4.58. The average molecular weight is 370 g/mol. The van der Waals surface area contributed by atoms with Gasteiger partial charge in [-0.25, -0.2) is 15.0 Å². The molecule has 1 fully saturated rings. The third-order valence-corrected chi connectivity index (χ3v) is 5.35. The number of aromatic amines is 1. The fraction of sp³-hybridized carbons (Fsp3) is 0.227. The Morgan fingerprint density at radius 2 is 2.04 bits per heavy atom. The monoisotopic (exact) mass is 370 g/mol. The van der Waals surface area contributed by atoms with Crippen LogP contribution in [0.15, 0.2) is 67.3 Å². The number of nitrogens with one attached hydrogen (secondary N) is 2. The Bertz CT molecular complexity index is 1070. The lowest BCUT2D eigenvalue weighted by atomic mass is 9.90. The molecule has 3 aromatic heterocycles. The van der Waals surface area contributed by atoms with E-state index in [-0.39, 0.29) is 0 Å². The third kappa shape index (κ3) is 3.29. The van der Waals surface area contributed by atoms with Crippen molar-refractivity contribution in [1.82, 2.24) is 19.9 Å². The van der Waals surface area contributed by atoms with Crippen LogP contribution in [-0.4, -0.2) is 33.0 Å². The van der Waals surface area contributed by atoms with Crippen LogP contribution in [0.5, 0.6) is 0 Å². The van der Waals surface area contributed by atoms with Crippen molar-refractivity contribution in [3.8, 4) is 0 Å². The molecule has 0 bridgehead atoms. The molecule has 1 aromatic carbocycles. The number of benzene rings is 1. The first-order valence-electron chi connectivity index (χ1n) is 9.68. The van der Waals surface area contributed by atoms with Crippen LogP contribution in [0.2, 0.25) is 0 Å². The predicted molar refractivity (Wildman–Crippen MR) is 112 cm³/mol. The summed E-state index contributed by atoms with van der Waals surface area (Å²) in [6.45, 7) is 1.99. The van der Waals surface area contributed by atoms with Gasteiger partial charge in [-0.2, -0.15) is 0 Å². The molecule has 1 saturated heterocycles. The molecule has 4 heterocycles. The lowest BCUT2D eigenvalue weighted by molar-refractivity contribution is 0.508. The molecule has 5 rings (SSSR count). The summed E-state index contributed by atoms with van der Waals surface area (Å²) in [5.74, 6) is 2.36. The van der Waals surface area contributed by atoms with Crippen molar-refractivity contribution in [1.29, 1.82) is 0 Å². The zero-order chi connectivity index (χ0) is 18.8. The molecule has 6 heteroatoms. The SMILES string of the molecule is c1ccc(Nc2cccc(C3CCCN(c4ncnc5[nH]ccc45)C3)c2)nc1. The van der Waals surface area contributed by atoms with E-state index in [4.69, 9.17) is 0 Å². The number of piperidine rings is 1. The van der Waals surface area contributed by atoms with E-state index < -0.39 is 0 Å². The predicted octanol–water partition coefficient (Wildman–Crippen LogP) is 4.48. The number of fused-ring (bicyclic) bond motifs is 1. The zero-order valence-corrected chi connectivity index (χ0v) is 15.5. The van der Waals surface area contributed by atoms with Crippen LogP contribution >= 0.6 is 0 Å². The summed E-state index contributed by atoms with van der Waals surface area (Å²) < 4.78 is 0. The van der Waals surface area contributed by atoms with Crippen LogP contribution in [-0.2, 0) is 0 Å². The van der Waals surface area contributed by atoms with Gasteiger partial charge in [0.15, 0.2) is 0 Å². The maximum absolute atomic E-state index is 4.58. The first-order valence-corrected chi connectivity index (χ1v) is 9.68. The zero-order valence-electron chi connectivity index (χ0n) is 15.5. The number of nitrogens with zero attached hydrogens (tertiary/aromatic N) is 4. The van der Waals surface area contributed by atoms with Crippen LogP contribution in [0, 0.1) is 0 Å². The second-order valence-electron chi connectivity index (χ2n) is 7.19. The van der Waals surface area contributed by atoms with E-state index in [1.165, 1.54) is 12.0 Å². The highest BCUT2D eigenvalue weighted by Gasteiger charge is 2.24. The first-order chi connectivity index (χ1) is 13.9. The largest absolute Gasteiger partial charge is 0.355 e. The van der Waals surface area contributed by atoms with E-state index >= 15 is 0 Å². The summed E-state index contributed by atoms with van der Waals surface area (Å²) in [6.07, 6.45) is 7.71. The van der Waals surface area contributed by atoms with Gasteiger partial charge in [-0.1, -0.05) is 18.2 Å². The van der Waals surface area contributed by atoms with Crippen molar-refractivity contribution in [3.05, 3.63) is 72.8 Å². The molecule has 6 nitrogen and oxygen atoms in total. The molecule has 140 valence electrons. The topological polar surface area (TPSA) is 69.7 Å². The lowest BCUT2D eigenvalue weighted by Crippen LogP contribution is -2.35. The molecule has 2 N–H and O–H groups in total. The van der Waals surface area contributed by atoms with E-state index in [1.54, 1.807) is 12.5 Å². The smallest absolute Gasteiger partial charge is 0.142 e. The maximum Gasteiger partial charge on any atom is 0.142 e. The second kappa shape index (κ2) is 7.31. The van der Waals surface area contributed by atoms with Gasteiger partial charge >= 0.3 is 0 Å². The Labute approximate surface area is 163 Å². The van der Waals surface area contributed by atoms with Crippen LogP contribution in [0.1, 0.15) is 24.3 Å². The number of hydrogen-bond acceptors (Lipinski definition) is 5. The minimum absolute atomic E-state index is 0.475. The highest BCUT2D eigenvalue weighted by molar-refractivity contribution is 5.87. The molecule has 0 aliphatic carbocycles. The molecule has 1 aliphatic heterocycles. The number of pyridine rings is 1. The Morgan fingerprint density at radius 1 is 1.04 bits per heavy atom. The molecule has 1 aliphatic rings. The first kappa shape index (κ1) is 16.7. The average Bonchev–Trinajstić information content (AvgIpc) is 3.24. The van der Waals surface area contributed by atoms with E-state index in [2.05, 4.69) is 60.5 Å². The normalized spacial score (nSPS) is 17.0. The van der Waals surface area contributed by atoms with Gasteiger partial charge in [-0.05, 0) is 48.7 Å². The summed E-state index contributed by atoms with van der Waals surface area (Å²) in [5, 5.41) is 4.49. The minimum Gasteiger partial charge on any atom is -0.355 e. The fourth-order valence-electron chi connectivity index (χ4n) is 4.01. The van der Waals surface area contributed by atoms with Gasteiger partial charge in [0, 0.05) is 37.1 Å². The van der Waals surface area contributed by atoms with Crippen LogP contribution in [0.4, 0.5) is 17.3 Å². The van der Waals surface area contributed by atoms with Gasteiger partial charge in [0.25, 0.3) is 0 Å². The molecular weight excluding hydrogens is 348 g/mol. The van der Waals surface area contributed by atoms with Gasteiger partial charge < -0.3 is 15.2 Å². The van der Waals surface area contributed by atoms with Crippen LogP contribution in [0.25, 0.3) is 11.0 Å². The highest BCUT2D eigenvalue weighted by Crippen LogP contribution is 2.33. The molecular formula is C22H22N6. The molecule has 1 unspecified atom stereocenters. The van der Waals surface area contributed by atoms with Crippen molar-refractivity contribution in [2.24, 2.45) is 0 Å². The third-order valence-electron chi connectivity index (χ3n) is 5.35. The number of rotatable bonds is 4. The van der Waals surface area contributed by atoms with Gasteiger partial charge in [-0.15, -0.1) is 0 Å². The molecule has 0 amide bonds. The van der Waals surface area contributed by atoms with E-state index in [9.17, 15) is 0 Å². The summed E-state index contributed by atoms with van der Waals surface area (Å²) in [6, 6.07) is 16.6. The van der Waals surface area contributed by atoms with Crippen molar-refractivity contribution in [2.75, 3.05) is 23.3 Å². The summed E-state index contributed by atoms with van der Waals surface area (Å²) in [7, 11) is 0. The lowest BCUT2D eigenvalue weighted by Gasteiger charge is -2.34. The van der Waals surface area contributed by atoms with E-state index in [0.29, 0.717) is 5.92 Å². The van der Waals surface area contributed by atoms with Gasteiger partial charge in [0.2, 0.25) is 0 Å². The van der Waals surface area contributed by atoms with Gasteiger partial charge in [0.1, 0.15) is 23.6 Å². The highest BCUT2D eigenvalue weighted by atomic mass is 15.2. The molecule has 0 radical (unpaired) electrons. The van der Waals surface area contributed by atoms with Crippen LogP contribution in [0.3, 0.4) is 0 Å². The number of H-pyrrole nitrogens is 1.